The fraction of sp³-hybridized carbons (Fsp3) is 0.130. The van der Waals surface area contributed by atoms with Crippen LogP contribution in [-0.2, 0) is 6.42 Å². The summed E-state index contributed by atoms with van der Waals surface area (Å²) in [5.74, 6) is 1.61. The van der Waals surface area contributed by atoms with E-state index in [0.29, 0.717) is 40.1 Å². The van der Waals surface area contributed by atoms with Crippen molar-refractivity contribution in [1.29, 1.82) is 0 Å². The van der Waals surface area contributed by atoms with Gasteiger partial charge in [-0.05, 0) is 35.9 Å². The van der Waals surface area contributed by atoms with E-state index in [0.717, 1.165) is 11.3 Å². The molecule has 0 saturated carbocycles. The molecular weight excluding hydrogens is 400 g/mol. The summed E-state index contributed by atoms with van der Waals surface area (Å²) in [5, 5.41) is 4.55. The number of ether oxygens (including phenoxy) is 1. The fourth-order valence-electron chi connectivity index (χ4n) is 2.46. The number of allylic oxidation sites excluding steroid dienone is 6. The van der Waals surface area contributed by atoms with Crippen molar-refractivity contribution in [3.8, 4) is 5.75 Å². The maximum absolute atomic E-state index is 5.91. The van der Waals surface area contributed by atoms with E-state index in [2.05, 4.69) is 23.3 Å². The lowest BCUT2D eigenvalue weighted by Crippen LogP contribution is -2.13. The van der Waals surface area contributed by atoms with Gasteiger partial charge in [0.2, 0.25) is 0 Å². The molecule has 0 amide bonds. The van der Waals surface area contributed by atoms with Gasteiger partial charge in [-0.3, -0.25) is 4.99 Å². The molecule has 0 aliphatic carbocycles. The molecule has 0 aliphatic heterocycles. The average molecular weight is 425 g/mol. The Kier molecular flexibility index (Phi) is 8.72. The monoisotopic (exact) mass is 424 g/mol. The quantitative estimate of drug-likeness (QED) is 0.335. The van der Waals surface area contributed by atoms with Gasteiger partial charge in [-0.25, -0.2) is 0 Å². The van der Waals surface area contributed by atoms with Crippen molar-refractivity contribution < 1.29 is 9.26 Å². The number of aromatic nitrogens is 1. The predicted octanol–water partition coefficient (Wildman–Crippen LogP) is 4.35. The molecule has 2 aromatic rings. The lowest BCUT2D eigenvalue weighted by Gasteiger charge is -2.07. The highest BCUT2D eigenvalue weighted by molar-refractivity contribution is 6.30. The molecule has 30 heavy (non-hydrogen) atoms. The highest BCUT2D eigenvalue weighted by atomic mass is 35.5. The van der Waals surface area contributed by atoms with Crippen molar-refractivity contribution in [1.82, 2.24) is 5.16 Å². The zero-order valence-electron chi connectivity index (χ0n) is 16.8. The van der Waals surface area contributed by atoms with E-state index in [9.17, 15) is 0 Å². The number of hydrogen-bond acceptors (Lipinski definition) is 5. The third-order valence-electron chi connectivity index (χ3n) is 3.93. The Bertz CT molecular complexity index is 998. The van der Waals surface area contributed by atoms with Crippen LogP contribution in [0.15, 0.2) is 94.1 Å². The SMILES string of the molecule is C=C/C=C(\C(N)=NC)c1cc(Cc2ccc(OC/C(N)=C/C=C\C(=C)Cl)cc2)no1. The van der Waals surface area contributed by atoms with Crippen LogP contribution in [-0.4, -0.2) is 24.6 Å². The van der Waals surface area contributed by atoms with E-state index in [-0.39, 0.29) is 6.61 Å². The maximum atomic E-state index is 5.91. The van der Waals surface area contributed by atoms with Crippen LogP contribution >= 0.6 is 11.6 Å². The minimum atomic E-state index is 0.268. The number of benzene rings is 1. The molecule has 2 rings (SSSR count). The van der Waals surface area contributed by atoms with Crippen LogP contribution in [0.4, 0.5) is 0 Å². The third kappa shape index (κ3) is 7.14. The van der Waals surface area contributed by atoms with Gasteiger partial charge in [0.05, 0.1) is 11.3 Å². The number of aliphatic imine (C=N–C) groups is 1. The van der Waals surface area contributed by atoms with Crippen molar-refractivity contribution in [3.05, 3.63) is 102 Å². The summed E-state index contributed by atoms with van der Waals surface area (Å²) in [4.78, 5) is 3.99. The van der Waals surface area contributed by atoms with Gasteiger partial charge in [-0.1, -0.05) is 54.2 Å². The second-order valence-electron chi connectivity index (χ2n) is 6.26. The molecule has 4 N–H and O–H groups in total. The smallest absolute Gasteiger partial charge is 0.170 e. The topological polar surface area (TPSA) is 99.7 Å². The zero-order valence-corrected chi connectivity index (χ0v) is 17.6. The molecule has 0 saturated heterocycles. The molecule has 156 valence electrons. The van der Waals surface area contributed by atoms with Crippen molar-refractivity contribution in [2.75, 3.05) is 13.7 Å². The van der Waals surface area contributed by atoms with Crippen molar-refractivity contribution in [2.45, 2.75) is 6.42 Å². The van der Waals surface area contributed by atoms with Gasteiger partial charge in [0.1, 0.15) is 18.2 Å². The summed E-state index contributed by atoms with van der Waals surface area (Å²) in [6.07, 6.45) is 9.05. The molecule has 1 aromatic carbocycles. The highest BCUT2D eigenvalue weighted by Gasteiger charge is 2.12. The molecule has 0 fully saturated rings. The molecule has 0 radical (unpaired) electrons. The zero-order chi connectivity index (χ0) is 21.9. The second kappa shape index (κ2) is 11.5. The van der Waals surface area contributed by atoms with E-state index >= 15 is 0 Å². The molecule has 1 heterocycles. The summed E-state index contributed by atoms with van der Waals surface area (Å²) in [7, 11) is 1.62. The Hall–Kier alpha value is -3.51. The molecule has 0 spiro atoms. The van der Waals surface area contributed by atoms with Crippen LogP contribution in [0.2, 0.25) is 0 Å². The van der Waals surface area contributed by atoms with Crippen LogP contribution in [0.5, 0.6) is 5.75 Å². The van der Waals surface area contributed by atoms with E-state index < -0.39 is 0 Å². The first-order valence-electron chi connectivity index (χ1n) is 9.13. The van der Waals surface area contributed by atoms with E-state index in [1.165, 1.54) is 0 Å². The number of rotatable bonds is 10. The minimum Gasteiger partial charge on any atom is -0.487 e. The van der Waals surface area contributed by atoms with Gasteiger partial charge in [-0.15, -0.1) is 0 Å². The summed E-state index contributed by atoms with van der Waals surface area (Å²) in [6, 6.07) is 9.52. The molecule has 0 unspecified atom stereocenters. The Morgan fingerprint density at radius 3 is 2.63 bits per heavy atom. The summed E-state index contributed by atoms with van der Waals surface area (Å²) in [5.41, 5.74) is 14.8. The maximum Gasteiger partial charge on any atom is 0.170 e. The van der Waals surface area contributed by atoms with Crippen LogP contribution < -0.4 is 16.2 Å². The minimum absolute atomic E-state index is 0.268. The van der Waals surface area contributed by atoms with Crippen molar-refractivity contribution >= 4 is 23.0 Å². The Morgan fingerprint density at radius 2 is 2.00 bits per heavy atom. The molecule has 6 nitrogen and oxygen atoms in total. The Labute approximate surface area is 181 Å². The molecule has 7 heteroatoms. The normalized spacial score (nSPS) is 12.9. The second-order valence-corrected chi connectivity index (χ2v) is 6.75. The third-order valence-corrected chi connectivity index (χ3v) is 4.05. The van der Waals surface area contributed by atoms with E-state index in [4.69, 9.17) is 32.3 Å². The summed E-state index contributed by atoms with van der Waals surface area (Å²) >= 11 is 5.65. The van der Waals surface area contributed by atoms with Crippen molar-refractivity contribution in [3.63, 3.8) is 0 Å². The van der Waals surface area contributed by atoms with Crippen LogP contribution in [0.1, 0.15) is 17.0 Å². The lowest BCUT2D eigenvalue weighted by molar-refractivity contribution is 0.350. The number of nitrogens with two attached hydrogens (primary N) is 2. The first-order chi connectivity index (χ1) is 14.4. The Balaban J connectivity index is 1.98. The average Bonchev–Trinajstić information content (AvgIpc) is 3.18. The van der Waals surface area contributed by atoms with Crippen LogP contribution in [0, 0.1) is 0 Å². The van der Waals surface area contributed by atoms with Gasteiger partial charge >= 0.3 is 0 Å². The highest BCUT2D eigenvalue weighted by Crippen LogP contribution is 2.20. The van der Waals surface area contributed by atoms with E-state index in [1.54, 1.807) is 37.4 Å². The molecular formula is C23H25ClN4O2. The lowest BCUT2D eigenvalue weighted by atomic mass is 10.1. The predicted molar refractivity (Wildman–Crippen MR) is 123 cm³/mol. The summed E-state index contributed by atoms with van der Waals surface area (Å²) < 4.78 is 11.1. The first kappa shape index (κ1) is 22.8. The molecule has 1 aromatic heterocycles. The number of nitrogens with zero attached hydrogens (tertiary/aromatic N) is 2. The first-order valence-corrected chi connectivity index (χ1v) is 9.51. The fourth-order valence-corrected chi connectivity index (χ4v) is 2.53. The van der Waals surface area contributed by atoms with Crippen LogP contribution in [0.3, 0.4) is 0 Å². The van der Waals surface area contributed by atoms with Gasteiger partial charge in [0.25, 0.3) is 0 Å². The summed E-state index contributed by atoms with van der Waals surface area (Å²) in [6.45, 7) is 7.52. The number of hydrogen-bond donors (Lipinski definition) is 2. The molecule has 0 bridgehead atoms. The van der Waals surface area contributed by atoms with Crippen molar-refractivity contribution in [2.24, 2.45) is 16.5 Å². The standard InChI is InChI=1S/C23H25ClN4O2/c1-4-6-21(23(26)27-3)22-14-19(28-30-22)13-17-9-11-20(12-10-17)29-15-18(25)8-5-7-16(2)24/h4-12,14H,1-2,13,15,25H2,3H3,(H2,26,27)/b7-5-,18-8-,21-6-. The van der Waals surface area contributed by atoms with Gasteiger partial charge < -0.3 is 20.7 Å². The number of halogens is 1. The van der Waals surface area contributed by atoms with E-state index in [1.807, 2.05) is 30.3 Å². The van der Waals surface area contributed by atoms with Gasteiger partial charge in [0.15, 0.2) is 5.76 Å². The largest absolute Gasteiger partial charge is 0.487 e. The Morgan fingerprint density at radius 1 is 1.27 bits per heavy atom. The molecule has 0 atom stereocenters. The van der Waals surface area contributed by atoms with Gasteiger partial charge in [0, 0.05) is 30.3 Å². The molecule has 0 aliphatic rings. The van der Waals surface area contributed by atoms with Gasteiger partial charge in [-0.2, -0.15) is 0 Å². The van der Waals surface area contributed by atoms with Crippen LogP contribution in [0.25, 0.3) is 5.57 Å². The number of amidine groups is 1.